The molecule has 0 spiro atoms. The Balaban J connectivity index is 2.82. The van der Waals surface area contributed by atoms with Crippen molar-refractivity contribution in [1.82, 2.24) is 0 Å². The summed E-state index contributed by atoms with van der Waals surface area (Å²) in [6.45, 7) is 0.0382. The van der Waals surface area contributed by atoms with Gasteiger partial charge < -0.3 is 10.3 Å². The standard InChI is InChI=1S/C8H9NO2/c10-6-8-3-1-7(2-4-8)5-9-11/h1-5,10-11H,6H2/b9-5-. The molecule has 1 aromatic rings. The summed E-state index contributed by atoms with van der Waals surface area (Å²) in [6, 6.07) is 7.09. The molecule has 0 fully saturated rings. The van der Waals surface area contributed by atoms with Crippen molar-refractivity contribution in [2.45, 2.75) is 6.61 Å². The molecule has 11 heavy (non-hydrogen) atoms. The van der Waals surface area contributed by atoms with Gasteiger partial charge in [0.1, 0.15) is 0 Å². The number of aliphatic hydroxyl groups excluding tert-OH is 1. The molecule has 2 N–H and O–H groups in total. The molecule has 0 unspecified atom stereocenters. The van der Waals surface area contributed by atoms with E-state index in [1.54, 1.807) is 24.3 Å². The summed E-state index contributed by atoms with van der Waals surface area (Å²) in [6.07, 6.45) is 1.33. The molecule has 58 valence electrons. The lowest BCUT2D eigenvalue weighted by Gasteiger charge is -1.94. The summed E-state index contributed by atoms with van der Waals surface area (Å²) in [5.41, 5.74) is 1.66. The summed E-state index contributed by atoms with van der Waals surface area (Å²) < 4.78 is 0. The van der Waals surface area contributed by atoms with Crippen LogP contribution >= 0.6 is 0 Å². The predicted octanol–water partition coefficient (Wildman–Crippen LogP) is 0.987. The van der Waals surface area contributed by atoms with E-state index in [0.29, 0.717) is 0 Å². The summed E-state index contributed by atoms with van der Waals surface area (Å²) in [7, 11) is 0. The molecule has 0 heterocycles. The van der Waals surface area contributed by atoms with Crippen LogP contribution in [-0.4, -0.2) is 16.5 Å². The van der Waals surface area contributed by atoms with Gasteiger partial charge in [0.15, 0.2) is 0 Å². The van der Waals surface area contributed by atoms with Crippen LogP contribution in [0.2, 0.25) is 0 Å². The van der Waals surface area contributed by atoms with Gasteiger partial charge >= 0.3 is 0 Å². The summed E-state index contributed by atoms with van der Waals surface area (Å²) >= 11 is 0. The van der Waals surface area contributed by atoms with Crippen LogP contribution < -0.4 is 0 Å². The first-order valence-electron chi connectivity index (χ1n) is 3.24. The van der Waals surface area contributed by atoms with Crippen molar-refractivity contribution in [3.8, 4) is 0 Å². The largest absolute Gasteiger partial charge is 0.411 e. The van der Waals surface area contributed by atoms with Crippen molar-refractivity contribution < 1.29 is 10.3 Å². The fraction of sp³-hybridized carbons (Fsp3) is 0.125. The number of hydrogen-bond acceptors (Lipinski definition) is 3. The highest BCUT2D eigenvalue weighted by Crippen LogP contribution is 2.01. The number of oxime groups is 1. The lowest BCUT2D eigenvalue weighted by molar-refractivity contribution is 0.282. The van der Waals surface area contributed by atoms with Crippen molar-refractivity contribution in [1.29, 1.82) is 0 Å². The van der Waals surface area contributed by atoms with E-state index in [4.69, 9.17) is 10.3 Å². The van der Waals surface area contributed by atoms with Gasteiger partial charge in [-0.2, -0.15) is 0 Å². The molecule has 0 aliphatic carbocycles. The summed E-state index contributed by atoms with van der Waals surface area (Å²) in [5, 5.41) is 19.7. The van der Waals surface area contributed by atoms with Gasteiger partial charge in [0.05, 0.1) is 12.8 Å². The molecule has 0 aliphatic heterocycles. The van der Waals surface area contributed by atoms with Gasteiger partial charge in [-0.05, 0) is 11.1 Å². The zero-order chi connectivity index (χ0) is 8.10. The molecule has 0 aliphatic rings. The quantitative estimate of drug-likeness (QED) is 0.376. The van der Waals surface area contributed by atoms with Crippen LogP contribution in [0.15, 0.2) is 29.4 Å². The summed E-state index contributed by atoms with van der Waals surface area (Å²) in [4.78, 5) is 0. The van der Waals surface area contributed by atoms with E-state index >= 15 is 0 Å². The van der Waals surface area contributed by atoms with Crippen LogP contribution in [0.4, 0.5) is 0 Å². The average molecular weight is 151 g/mol. The van der Waals surface area contributed by atoms with Crippen molar-refractivity contribution in [3.05, 3.63) is 35.4 Å². The first-order valence-corrected chi connectivity index (χ1v) is 3.24. The maximum Gasteiger partial charge on any atom is 0.0733 e. The zero-order valence-electron chi connectivity index (χ0n) is 5.94. The molecule has 0 aromatic heterocycles. The fourth-order valence-electron chi connectivity index (χ4n) is 0.776. The lowest BCUT2D eigenvalue weighted by Crippen LogP contribution is -1.84. The van der Waals surface area contributed by atoms with Gasteiger partial charge in [-0.15, -0.1) is 0 Å². The van der Waals surface area contributed by atoms with Gasteiger partial charge in [-0.3, -0.25) is 0 Å². The van der Waals surface area contributed by atoms with Gasteiger partial charge in [0, 0.05) is 0 Å². The van der Waals surface area contributed by atoms with Gasteiger partial charge in [-0.25, -0.2) is 0 Å². The molecule has 0 radical (unpaired) electrons. The van der Waals surface area contributed by atoms with Crippen LogP contribution in [-0.2, 0) is 6.61 Å². The Bertz CT molecular complexity index is 241. The predicted molar refractivity (Wildman–Crippen MR) is 41.7 cm³/mol. The van der Waals surface area contributed by atoms with Gasteiger partial charge in [-0.1, -0.05) is 29.4 Å². The fourth-order valence-corrected chi connectivity index (χ4v) is 0.776. The molecule has 1 aromatic carbocycles. The second kappa shape index (κ2) is 3.73. The van der Waals surface area contributed by atoms with Crippen LogP contribution in [0.25, 0.3) is 0 Å². The lowest BCUT2D eigenvalue weighted by atomic mass is 10.2. The van der Waals surface area contributed by atoms with Crippen molar-refractivity contribution in [3.63, 3.8) is 0 Å². The van der Waals surface area contributed by atoms with Gasteiger partial charge in [0.2, 0.25) is 0 Å². The van der Waals surface area contributed by atoms with Crippen LogP contribution in [0, 0.1) is 0 Å². The van der Waals surface area contributed by atoms with Gasteiger partial charge in [0.25, 0.3) is 0 Å². The Morgan fingerprint density at radius 3 is 2.36 bits per heavy atom. The molecule has 0 saturated carbocycles. The van der Waals surface area contributed by atoms with Crippen molar-refractivity contribution in [2.24, 2.45) is 5.16 Å². The third-order valence-electron chi connectivity index (χ3n) is 1.37. The Hall–Kier alpha value is -1.35. The second-order valence-electron chi connectivity index (χ2n) is 2.14. The van der Waals surface area contributed by atoms with E-state index in [1.807, 2.05) is 0 Å². The van der Waals surface area contributed by atoms with E-state index in [-0.39, 0.29) is 6.61 Å². The summed E-state index contributed by atoms with van der Waals surface area (Å²) in [5.74, 6) is 0. The SMILES string of the molecule is OCc1ccc(/C=N\O)cc1. The Labute approximate surface area is 64.6 Å². The number of rotatable bonds is 2. The Kier molecular flexibility index (Phi) is 2.63. The number of hydrogen-bond donors (Lipinski definition) is 2. The Morgan fingerprint density at radius 2 is 1.91 bits per heavy atom. The highest BCUT2D eigenvalue weighted by Gasteiger charge is 1.89. The normalized spacial score (nSPS) is 10.6. The Morgan fingerprint density at radius 1 is 1.27 bits per heavy atom. The molecular weight excluding hydrogens is 142 g/mol. The third-order valence-corrected chi connectivity index (χ3v) is 1.37. The molecule has 3 heteroatoms. The topological polar surface area (TPSA) is 52.8 Å². The molecule has 0 bridgehead atoms. The monoisotopic (exact) mass is 151 g/mol. The van der Waals surface area contributed by atoms with Crippen LogP contribution in [0.3, 0.4) is 0 Å². The number of nitrogens with zero attached hydrogens (tertiary/aromatic N) is 1. The van der Waals surface area contributed by atoms with Crippen LogP contribution in [0.5, 0.6) is 0 Å². The minimum Gasteiger partial charge on any atom is -0.411 e. The average Bonchev–Trinajstić information content (AvgIpc) is 2.07. The molecule has 0 saturated heterocycles. The molecule has 1 rings (SSSR count). The first kappa shape index (κ1) is 7.75. The smallest absolute Gasteiger partial charge is 0.0733 e. The van der Waals surface area contributed by atoms with Crippen LogP contribution in [0.1, 0.15) is 11.1 Å². The second-order valence-corrected chi connectivity index (χ2v) is 2.14. The molecule has 0 amide bonds. The van der Waals surface area contributed by atoms with E-state index in [1.165, 1.54) is 6.21 Å². The number of benzene rings is 1. The van der Waals surface area contributed by atoms with Crippen molar-refractivity contribution in [2.75, 3.05) is 0 Å². The minimum atomic E-state index is 0.0382. The number of aliphatic hydroxyl groups is 1. The van der Waals surface area contributed by atoms with E-state index in [2.05, 4.69) is 5.16 Å². The van der Waals surface area contributed by atoms with E-state index in [0.717, 1.165) is 11.1 Å². The maximum atomic E-state index is 8.68. The van der Waals surface area contributed by atoms with E-state index < -0.39 is 0 Å². The minimum absolute atomic E-state index is 0.0382. The maximum absolute atomic E-state index is 8.68. The van der Waals surface area contributed by atoms with E-state index in [9.17, 15) is 0 Å². The zero-order valence-corrected chi connectivity index (χ0v) is 5.94. The molecular formula is C8H9NO2. The van der Waals surface area contributed by atoms with Crippen molar-refractivity contribution >= 4 is 6.21 Å². The highest BCUT2D eigenvalue weighted by atomic mass is 16.4. The highest BCUT2D eigenvalue weighted by molar-refractivity contribution is 5.78. The third kappa shape index (κ3) is 2.05. The molecule has 3 nitrogen and oxygen atoms in total. The first-order chi connectivity index (χ1) is 5.36. The molecule has 0 atom stereocenters.